The van der Waals surface area contributed by atoms with Crippen LogP contribution in [0.3, 0.4) is 0 Å². The number of nitrogens with zero attached hydrogens (tertiary/aromatic N) is 1. The number of nitriles is 1. The van der Waals surface area contributed by atoms with Crippen molar-refractivity contribution in [2.45, 2.75) is 26.3 Å². The molecule has 1 aromatic carbocycles. The molecule has 0 fully saturated rings. The van der Waals surface area contributed by atoms with Crippen molar-refractivity contribution in [2.75, 3.05) is 11.9 Å². The summed E-state index contributed by atoms with van der Waals surface area (Å²) in [5.74, 6) is 0.0868. The van der Waals surface area contributed by atoms with E-state index in [-0.39, 0.29) is 6.04 Å². The second kappa shape index (κ2) is 6.21. The molecule has 0 aliphatic carbocycles. The molecule has 4 heteroatoms. The zero-order chi connectivity index (χ0) is 12.8. The predicted molar refractivity (Wildman–Crippen MR) is 67.0 cm³/mol. The third kappa shape index (κ3) is 4.04. The van der Waals surface area contributed by atoms with Gasteiger partial charge in [-0.25, -0.2) is 4.39 Å². The topological polar surface area (TPSA) is 61.8 Å². The minimum absolute atomic E-state index is 0.0532. The van der Waals surface area contributed by atoms with E-state index in [0.717, 1.165) is 6.42 Å². The molecule has 1 rings (SSSR count). The number of rotatable bonds is 5. The molecule has 1 aromatic rings. The third-order valence-corrected chi connectivity index (χ3v) is 2.50. The summed E-state index contributed by atoms with van der Waals surface area (Å²) in [5.41, 5.74) is 6.36. The van der Waals surface area contributed by atoms with Gasteiger partial charge in [-0.2, -0.15) is 5.26 Å². The number of nitrogens with one attached hydrogen (secondary N) is 1. The molecule has 0 radical (unpaired) electrons. The molecule has 3 nitrogen and oxygen atoms in total. The second-order valence-corrected chi connectivity index (χ2v) is 4.51. The molecule has 3 N–H and O–H groups in total. The number of hydrogen-bond donors (Lipinski definition) is 2. The summed E-state index contributed by atoms with van der Waals surface area (Å²) in [6.07, 6.45) is 0.885. The summed E-state index contributed by atoms with van der Waals surface area (Å²) in [6, 6.07) is 6.35. The average Bonchev–Trinajstić information content (AvgIpc) is 2.29. The molecule has 0 amide bonds. The Bertz CT molecular complexity index is 410. The Morgan fingerprint density at radius 2 is 2.18 bits per heavy atom. The van der Waals surface area contributed by atoms with Crippen molar-refractivity contribution in [1.82, 2.24) is 0 Å². The van der Waals surface area contributed by atoms with Gasteiger partial charge < -0.3 is 11.1 Å². The highest BCUT2D eigenvalue weighted by Crippen LogP contribution is 2.18. The Balaban J connectivity index is 2.76. The van der Waals surface area contributed by atoms with Crippen LogP contribution in [0.5, 0.6) is 0 Å². The van der Waals surface area contributed by atoms with Crippen LogP contribution in [0.4, 0.5) is 10.1 Å². The van der Waals surface area contributed by atoms with Gasteiger partial charge in [0.1, 0.15) is 5.82 Å². The van der Waals surface area contributed by atoms with E-state index in [4.69, 9.17) is 11.0 Å². The van der Waals surface area contributed by atoms with Crippen LogP contribution < -0.4 is 11.1 Å². The number of anilines is 1. The van der Waals surface area contributed by atoms with Gasteiger partial charge in [-0.05, 0) is 30.5 Å². The number of nitrogens with two attached hydrogens (primary N) is 1. The summed E-state index contributed by atoms with van der Waals surface area (Å²) in [6.45, 7) is 4.65. The van der Waals surface area contributed by atoms with E-state index in [1.54, 1.807) is 12.1 Å². The van der Waals surface area contributed by atoms with Crippen molar-refractivity contribution in [1.29, 1.82) is 5.26 Å². The second-order valence-electron chi connectivity index (χ2n) is 4.51. The van der Waals surface area contributed by atoms with Crippen LogP contribution in [0.2, 0.25) is 0 Å². The van der Waals surface area contributed by atoms with Gasteiger partial charge in [0.2, 0.25) is 0 Å². The first kappa shape index (κ1) is 13.5. The van der Waals surface area contributed by atoms with Crippen LogP contribution in [-0.2, 0) is 0 Å². The van der Waals surface area contributed by atoms with Gasteiger partial charge in [-0.15, -0.1) is 0 Å². The standard InChI is InChI=1S/C13H18FN3/c1-9(2)5-11(8-16)17-13-4-3-10(7-15)6-12(13)14/h3-4,6,9,11,17H,5,8,16H2,1-2H3. The summed E-state index contributed by atoms with van der Waals surface area (Å²) in [4.78, 5) is 0. The molecule has 0 aromatic heterocycles. The van der Waals surface area contributed by atoms with E-state index in [1.807, 2.05) is 6.07 Å². The lowest BCUT2D eigenvalue weighted by Gasteiger charge is -2.20. The molecule has 0 saturated heterocycles. The minimum atomic E-state index is -0.411. The molecule has 1 atom stereocenters. The molecule has 0 spiro atoms. The molecule has 17 heavy (non-hydrogen) atoms. The lowest BCUT2D eigenvalue weighted by Crippen LogP contribution is -2.30. The maximum Gasteiger partial charge on any atom is 0.147 e. The molecule has 0 saturated carbocycles. The fourth-order valence-corrected chi connectivity index (χ4v) is 1.70. The number of hydrogen-bond acceptors (Lipinski definition) is 3. The van der Waals surface area contributed by atoms with Crippen molar-refractivity contribution in [3.05, 3.63) is 29.6 Å². The van der Waals surface area contributed by atoms with E-state index >= 15 is 0 Å². The quantitative estimate of drug-likeness (QED) is 0.824. The SMILES string of the molecule is CC(C)CC(CN)Nc1ccc(C#N)cc1F. The highest BCUT2D eigenvalue weighted by molar-refractivity contribution is 5.49. The van der Waals surface area contributed by atoms with Crippen LogP contribution >= 0.6 is 0 Å². The van der Waals surface area contributed by atoms with Gasteiger partial charge >= 0.3 is 0 Å². The third-order valence-electron chi connectivity index (χ3n) is 2.50. The zero-order valence-electron chi connectivity index (χ0n) is 10.2. The summed E-state index contributed by atoms with van der Waals surface area (Å²) < 4.78 is 13.6. The van der Waals surface area contributed by atoms with Crippen LogP contribution in [0.15, 0.2) is 18.2 Å². The minimum Gasteiger partial charge on any atom is -0.379 e. The van der Waals surface area contributed by atoms with Crippen molar-refractivity contribution in [2.24, 2.45) is 11.7 Å². The normalized spacial score (nSPS) is 12.2. The van der Waals surface area contributed by atoms with Crippen LogP contribution in [-0.4, -0.2) is 12.6 Å². The molecule has 0 aliphatic rings. The Morgan fingerprint density at radius 1 is 1.47 bits per heavy atom. The fraction of sp³-hybridized carbons (Fsp3) is 0.462. The van der Waals surface area contributed by atoms with E-state index in [1.165, 1.54) is 6.07 Å². The van der Waals surface area contributed by atoms with E-state index in [0.29, 0.717) is 23.7 Å². The summed E-state index contributed by atoms with van der Waals surface area (Å²) in [7, 11) is 0. The van der Waals surface area contributed by atoms with Gasteiger partial charge in [-0.3, -0.25) is 0 Å². The van der Waals surface area contributed by atoms with Crippen molar-refractivity contribution in [3.63, 3.8) is 0 Å². The molecule has 0 aliphatic heterocycles. The van der Waals surface area contributed by atoms with Gasteiger partial charge in [0.05, 0.1) is 17.3 Å². The Morgan fingerprint density at radius 3 is 2.65 bits per heavy atom. The molecular formula is C13H18FN3. The highest BCUT2D eigenvalue weighted by Gasteiger charge is 2.11. The first-order chi connectivity index (χ1) is 8.06. The van der Waals surface area contributed by atoms with E-state index < -0.39 is 5.82 Å². The largest absolute Gasteiger partial charge is 0.379 e. The first-order valence-corrected chi connectivity index (χ1v) is 5.73. The molecule has 0 heterocycles. The van der Waals surface area contributed by atoms with Crippen molar-refractivity contribution >= 4 is 5.69 Å². The van der Waals surface area contributed by atoms with Crippen LogP contribution in [0.1, 0.15) is 25.8 Å². The van der Waals surface area contributed by atoms with Gasteiger partial charge in [0.15, 0.2) is 0 Å². The fourth-order valence-electron chi connectivity index (χ4n) is 1.70. The van der Waals surface area contributed by atoms with Crippen LogP contribution in [0.25, 0.3) is 0 Å². The zero-order valence-corrected chi connectivity index (χ0v) is 10.2. The van der Waals surface area contributed by atoms with Crippen LogP contribution in [0, 0.1) is 23.1 Å². The number of halogens is 1. The van der Waals surface area contributed by atoms with Gasteiger partial charge in [0.25, 0.3) is 0 Å². The Hall–Kier alpha value is -1.60. The summed E-state index contributed by atoms with van der Waals surface area (Å²) >= 11 is 0. The maximum atomic E-state index is 13.6. The predicted octanol–water partition coefficient (Wildman–Crippen LogP) is 2.48. The molecular weight excluding hydrogens is 217 g/mol. The Kier molecular flexibility index (Phi) is 4.92. The molecule has 1 unspecified atom stereocenters. The van der Waals surface area contributed by atoms with Gasteiger partial charge in [-0.1, -0.05) is 13.8 Å². The Labute approximate surface area is 101 Å². The smallest absolute Gasteiger partial charge is 0.147 e. The average molecular weight is 235 g/mol. The number of benzene rings is 1. The summed E-state index contributed by atoms with van der Waals surface area (Å²) in [5, 5.41) is 11.7. The van der Waals surface area contributed by atoms with E-state index in [2.05, 4.69) is 19.2 Å². The lowest BCUT2D eigenvalue weighted by atomic mass is 10.0. The monoisotopic (exact) mass is 235 g/mol. The van der Waals surface area contributed by atoms with E-state index in [9.17, 15) is 4.39 Å². The lowest BCUT2D eigenvalue weighted by molar-refractivity contribution is 0.518. The van der Waals surface area contributed by atoms with Gasteiger partial charge in [0, 0.05) is 12.6 Å². The molecule has 0 bridgehead atoms. The first-order valence-electron chi connectivity index (χ1n) is 5.73. The highest BCUT2D eigenvalue weighted by atomic mass is 19.1. The van der Waals surface area contributed by atoms with Crippen molar-refractivity contribution in [3.8, 4) is 6.07 Å². The van der Waals surface area contributed by atoms with Crippen molar-refractivity contribution < 1.29 is 4.39 Å². The maximum absolute atomic E-state index is 13.6. The molecule has 92 valence electrons.